The summed E-state index contributed by atoms with van der Waals surface area (Å²) in [4.78, 5) is 4.13. The molecule has 0 amide bonds. The number of nitrogens with zero attached hydrogens (tertiary/aromatic N) is 1. The van der Waals surface area contributed by atoms with Crippen molar-refractivity contribution in [1.82, 2.24) is 0 Å². The van der Waals surface area contributed by atoms with E-state index in [0.29, 0.717) is 22.0 Å². The summed E-state index contributed by atoms with van der Waals surface area (Å²) in [7, 11) is 1.52. The lowest BCUT2D eigenvalue weighted by atomic mass is 10.2. The van der Waals surface area contributed by atoms with Crippen molar-refractivity contribution in [3.8, 4) is 5.75 Å². The zero-order valence-electron chi connectivity index (χ0n) is 10.0. The second-order valence-corrected chi connectivity index (χ2v) is 4.16. The Balaban J connectivity index is 2.22. The molecular formula is C14H10ClF2NO. The summed E-state index contributed by atoms with van der Waals surface area (Å²) in [5.41, 5.74) is 1.06. The van der Waals surface area contributed by atoms with E-state index >= 15 is 0 Å². The number of ether oxygens (including phenoxy) is 1. The third-order valence-corrected chi connectivity index (χ3v) is 2.74. The lowest BCUT2D eigenvalue weighted by molar-refractivity contribution is 0.415. The Bertz CT molecular complexity index is 629. The monoisotopic (exact) mass is 281 g/mol. The Morgan fingerprint density at radius 3 is 2.53 bits per heavy atom. The molecule has 19 heavy (non-hydrogen) atoms. The molecule has 0 bridgehead atoms. The second kappa shape index (κ2) is 5.80. The van der Waals surface area contributed by atoms with Crippen LogP contribution in [0.15, 0.2) is 41.4 Å². The van der Waals surface area contributed by atoms with E-state index < -0.39 is 11.6 Å². The van der Waals surface area contributed by atoms with Gasteiger partial charge in [0.25, 0.3) is 0 Å². The highest BCUT2D eigenvalue weighted by Crippen LogP contribution is 2.28. The molecule has 0 saturated carbocycles. The molecule has 2 rings (SSSR count). The number of halogens is 3. The van der Waals surface area contributed by atoms with E-state index in [0.717, 1.165) is 12.1 Å². The molecule has 0 heterocycles. The summed E-state index contributed by atoms with van der Waals surface area (Å²) in [5, 5.41) is 0.433. The normalized spacial score (nSPS) is 10.9. The molecule has 2 aromatic carbocycles. The van der Waals surface area contributed by atoms with Crippen LogP contribution in [0.1, 0.15) is 5.56 Å². The van der Waals surface area contributed by atoms with Crippen LogP contribution in [0.3, 0.4) is 0 Å². The first kappa shape index (κ1) is 13.5. The molecule has 0 fully saturated rings. The number of hydrogen-bond donors (Lipinski definition) is 0. The summed E-state index contributed by atoms with van der Waals surface area (Å²) in [6.45, 7) is 0. The van der Waals surface area contributed by atoms with E-state index in [-0.39, 0.29) is 0 Å². The van der Waals surface area contributed by atoms with Crippen molar-refractivity contribution in [2.45, 2.75) is 0 Å². The fourth-order valence-electron chi connectivity index (χ4n) is 1.48. The lowest BCUT2D eigenvalue weighted by Gasteiger charge is -2.02. The highest BCUT2D eigenvalue weighted by Gasteiger charge is 2.02. The van der Waals surface area contributed by atoms with E-state index in [4.69, 9.17) is 16.3 Å². The van der Waals surface area contributed by atoms with Crippen LogP contribution in [0.5, 0.6) is 5.75 Å². The summed E-state index contributed by atoms with van der Waals surface area (Å²) in [6, 6.07) is 8.58. The van der Waals surface area contributed by atoms with Gasteiger partial charge in [0.2, 0.25) is 0 Å². The van der Waals surface area contributed by atoms with Gasteiger partial charge >= 0.3 is 0 Å². The highest BCUT2D eigenvalue weighted by atomic mass is 35.5. The van der Waals surface area contributed by atoms with Gasteiger partial charge in [-0.1, -0.05) is 17.7 Å². The molecule has 5 heteroatoms. The van der Waals surface area contributed by atoms with Crippen LogP contribution >= 0.6 is 11.6 Å². The number of aliphatic imine (C=N–C) groups is 1. The van der Waals surface area contributed by atoms with Crippen molar-refractivity contribution in [3.05, 3.63) is 58.6 Å². The van der Waals surface area contributed by atoms with E-state index in [9.17, 15) is 8.78 Å². The quantitative estimate of drug-likeness (QED) is 0.765. The van der Waals surface area contributed by atoms with E-state index in [1.165, 1.54) is 19.4 Å². The molecule has 0 spiro atoms. The van der Waals surface area contributed by atoms with Crippen molar-refractivity contribution in [1.29, 1.82) is 0 Å². The van der Waals surface area contributed by atoms with Crippen LogP contribution in [0, 0.1) is 11.6 Å². The third-order valence-electron chi connectivity index (χ3n) is 2.44. The summed E-state index contributed by atoms with van der Waals surface area (Å²) < 4.78 is 30.8. The molecule has 0 atom stereocenters. The first-order chi connectivity index (χ1) is 9.10. The van der Waals surface area contributed by atoms with Gasteiger partial charge in [-0.3, -0.25) is 4.99 Å². The zero-order valence-corrected chi connectivity index (χ0v) is 10.8. The molecular weight excluding hydrogens is 272 g/mol. The average Bonchev–Trinajstić information content (AvgIpc) is 2.40. The van der Waals surface area contributed by atoms with Crippen molar-refractivity contribution in [3.63, 3.8) is 0 Å². The molecule has 0 radical (unpaired) electrons. The summed E-state index contributed by atoms with van der Waals surface area (Å²) >= 11 is 5.95. The molecule has 0 aliphatic carbocycles. The minimum absolute atomic E-state index is 0.433. The fraction of sp³-hybridized carbons (Fsp3) is 0.0714. The van der Waals surface area contributed by atoms with Gasteiger partial charge in [-0.15, -0.1) is 0 Å². The van der Waals surface area contributed by atoms with Crippen LogP contribution in [0.2, 0.25) is 5.02 Å². The predicted molar refractivity (Wildman–Crippen MR) is 71.6 cm³/mol. The standard InChI is InChI=1S/C14H10ClF2NO/c1-19-14-5-3-10(7-11(14)15)18-8-9-2-4-12(16)13(17)6-9/h2-8H,1H3. The minimum atomic E-state index is -0.906. The van der Waals surface area contributed by atoms with E-state index in [2.05, 4.69) is 4.99 Å². The maximum atomic E-state index is 13.0. The van der Waals surface area contributed by atoms with Gasteiger partial charge in [0, 0.05) is 6.21 Å². The van der Waals surface area contributed by atoms with E-state index in [1.54, 1.807) is 18.2 Å². The predicted octanol–water partition coefficient (Wildman–Crippen LogP) is 4.38. The number of hydrogen-bond acceptors (Lipinski definition) is 2. The van der Waals surface area contributed by atoms with Crippen molar-refractivity contribution in [2.24, 2.45) is 4.99 Å². The molecule has 2 nitrogen and oxygen atoms in total. The molecule has 0 aliphatic heterocycles. The fourth-order valence-corrected chi connectivity index (χ4v) is 1.73. The van der Waals surface area contributed by atoms with Gasteiger partial charge in [0.05, 0.1) is 17.8 Å². The molecule has 0 aliphatic rings. The first-order valence-corrected chi connectivity index (χ1v) is 5.80. The van der Waals surface area contributed by atoms with Crippen LogP contribution < -0.4 is 4.74 Å². The lowest BCUT2D eigenvalue weighted by Crippen LogP contribution is -1.87. The van der Waals surface area contributed by atoms with Crippen LogP contribution in [-0.2, 0) is 0 Å². The molecule has 98 valence electrons. The molecule has 0 aromatic heterocycles. The Kier molecular flexibility index (Phi) is 4.12. The molecule has 0 N–H and O–H groups in total. The largest absolute Gasteiger partial charge is 0.495 e. The maximum Gasteiger partial charge on any atom is 0.159 e. The smallest absolute Gasteiger partial charge is 0.159 e. The Morgan fingerprint density at radius 2 is 1.89 bits per heavy atom. The molecule has 2 aromatic rings. The van der Waals surface area contributed by atoms with Gasteiger partial charge in [-0.25, -0.2) is 8.78 Å². The Hall–Kier alpha value is -1.94. The van der Waals surface area contributed by atoms with Gasteiger partial charge in [-0.2, -0.15) is 0 Å². The minimum Gasteiger partial charge on any atom is -0.495 e. The number of benzene rings is 2. The van der Waals surface area contributed by atoms with Crippen molar-refractivity contribution in [2.75, 3.05) is 7.11 Å². The number of methoxy groups -OCH3 is 1. The first-order valence-electron chi connectivity index (χ1n) is 5.43. The molecule has 0 unspecified atom stereocenters. The Labute approximate surface area is 114 Å². The highest BCUT2D eigenvalue weighted by molar-refractivity contribution is 6.32. The third kappa shape index (κ3) is 3.29. The van der Waals surface area contributed by atoms with Crippen LogP contribution in [0.4, 0.5) is 14.5 Å². The molecule has 0 saturated heterocycles. The van der Waals surface area contributed by atoms with Crippen LogP contribution in [-0.4, -0.2) is 13.3 Å². The summed E-state index contributed by atoms with van der Waals surface area (Å²) in [6.07, 6.45) is 1.43. The SMILES string of the molecule is COc1ccc(N=Cc2ccc(F)c(F)c2)cc1Cl. The Morgan fingerprint density at radius 1 is 1.11 bits per heavy atom. The zero-order chi connectivity index (χ0) is 13.8. The maximum absolute atomic E-state index is 13.0. The van der Waals surface area contributed by atoms with Crippen molar-refractivity contribution < 1.29 is 13.5 Å². The van der Waals surface area contributed by atoms with Gasteiger partial charge in [-0.05, 0) is 35.9 Å². The van der Waals surface area contributed by atoms with Crippen LogP contribution in [0.25, 0.3) is 0 Å². The van der Waals surface area contributed by atoms with Gasteiger partial charge in [0.1, 0.15) is 5.75 Å². The topological polar surface area (TPSA) is 21.6 Å². The summed E-state index contributed by atoms with van der Waals surface area (Å²) in [5.74, 6) is -1.24. The second-order valence-electron chi connectivity index (χ2n) is 3.75. The average molecular weight is 282 g/mol. The van der Waals surface area contributed by atoms with E-state index in [1.807, 2.05) is 0 Å². The van der Waals surface area contributed by atoms with Gasteiger partial charge < -0.3 is 4.74 Å². The van der Waals surface area contributed by atoms with Gasteiger partial charge in [0.15, 0.2) is 11.6 Å². The van der Waals surface area contributed by atoms with Crippen molar-refractivity contribution >= 4 is 23.5 Å². The number of rotatable bonds is 3.